The van der Waals surface area contributed by atoms with Gasteiger partial charge in [-0.15, -0.1) is 0 Å². The number of nitrogens with one attached hydrogen (secondary N) is 1. The molecule has 5 heterocycles. The number of allylic oxidation sites excluding steroid dienone is 1. The fourth-order valence-electron chi connectivity index (χ4n) is 3.96. The molecule has 3 aliphatic heterocycles. The Bertz CT molecular complexity index is 777. The SMILES string of the molecule is O=C(c1[nH]nc2ncccc12)N1C2=CN3CC[C@@H]2C[C@@H]1C3. The lowest BCUT2D eigenvalue weighted by atomic mass is 9.99. The van der Waals surface area contributed by atoms with Gasteiger partial charge in [0.25, 0.3) is 5.91 Å². The average Bonchev–Trinajstić information content (AvgIpc) is 2.96. The topological polar surface area (TPSA) is 65.1 Å². The minimum atomic E-state index is 0.0331. The summed E-state index contributed by atoms with van der Waals surface area (Å²) < 4.78 is 0. The number of aromatic nitrogens is 3. The van der Waals surface area contributed by atoms with E-state index in [0.29, 0.717) is 23.3 Å². The van der Waals surface area contributed by atoms with Gasteiger partial charge in [-0.05, 0) is 25.0 Å². The molecule has 2 atom stereocenters. The highest BCUT2D eigenvalue weighted by Crippen LogP contribution is 2.43. The van der Waals surface area contributed by atoms with Crippen molar-refractivity contribution in [2.75, 3.05) is 13.1 Å². The third kappa shape index (κ3) is 1.44. The molecule has 1 saturated heterocycles. The summed E-state index contributed by atoms with van der Waals surface area (Å²) in [5, 5.41) is 7.82. The smallest absolute Gasteiger partial charge is 0.277 e. The van der Waals surface area contributed by atoms with Crippen LogP contribution in [-0.2, 0) is 0 Å². The van der Waals surface area contributed by atoms with E-state index in [1.165, 1.54) is 5.70 Å². The van der Waals surface area contributed by atoms with Crippen LogP contribution in [0.2, 0.25) is 0 Å². The van der Waals surface area contributed by atoms with Crippen LogP contribution < -0.4 is 0 Å². The van der Waals surface area contributed by atoms with Gasteiger partial charge in [0.1, 0.15) is 5.69 Å². The Morgan fingerprint density at radius 3 is 3.33 bits per heavy atom. The summed E-state index contributed by atoms with van der Waals surface area (Å²) in [5.74, 6) is 0.579. The number of pyridine rings is 1. The van der Waals surface area contributed by atoms with E-state index in [9.17, 15) is 4.79 Å². The highest BCUT2D eigenvalue weighted by Gasteiger charge is 2.46. The summed E-state index contributed by atoms with van der Waals surface area (Å²) in [5.41, 5.74) is 2.35. The first-order chi connectivity index (χ1) is 10.3. The van der Waals surface area contributed by atoms with Crippen LogP contribution in [0.3, 0.4) is 0 Å². The molecule has 3 bridgehead atoms. The van der Waals surface area contributed by atoms with Crippen molar-refractivity contribution < 1.29 is 4.79 Å². The van der Waals surface area contributed by atoms with Crippen LogP contribution in [0, 0.1) is 5.92 Å². The van der Waals surface area contributed by atoms with Crippen LogP contribution in [0.1, 0.15) is 23.3 Å². The summed E-state index contributed by atoms with van der Waals surface area (Å²) >= 11 is 0. The molecule has 0 spiro atoms. The Labute approximate surface area is 121 Å². The first-order valence-electron chi connectivity index (χ1n) is 7.39. The summed E-state index contributed by atoms with van der Waals surface area (Å²) in [6, 6.07) is 4.04. The van der Waals surface area contributed by atoms with Gasteiger partial charge >= 0.3 is 0 Å². The van der Waals surface area contributed by atoms with E-state index in [1.54, 1.807) is 6.20 Å². The zero-order valence-electron chi connectivity index (χ0n) is 11.5. The third-order valence-corrected chi connectivity index (χ3v) is 4.91. The monoisotopic (exact) mass is 281 g/mol. The van der Waals surface area contributed by atoms with Gasteiger partial charge in [-0.25, -0.2) is 4.98 Å². The number of hydrogen-bond donors (Lipinski definition) is 1. The summed E-state index contributed by atoms with van der Waals surface area (Å²) in [6.07, 6.45) is 6.12. The van der Waals surface area contributed by atoms with Gasteiger partial charge in [0.2, 0.25) is 0 Å². The van der Waals surface area contributed by atoms with Crippen molar-refractivity contribution in [3.63, 3.8) is 0 Å². The number of rotatable bonds is 1. The largest absolute Gasteiger partial charge is 0.374 e. The van der Waals surface area contributed by atoms with E-state index in [2.05, 4.69) is 26.3 Å². The fourth-order valence-corrected chi connectivity index (χ4v) is 3.96. The Morgan fingerprint density at radius 2 is 2.38 bits per heavy atom. The van der Waals surface area contributed by atoms with Gasteiger partial charge in [-0.3, -0.25) is 9.89 Å². The number of hydrogen-bond acceptors (Lipinski definition) is 4. The molecule has 2 aromatic rings. The lowest BCUT2D eigenvalue weighted by Gasteiger charge is -2.38. The van der Waals surface area contributed by atoms with Crippen molar-refractivity contribution in [3.8, 4) is 0 Å². The van der Waals surface area contributed by atoms with E-state index < -0.39 is 0 Å². The molecule has 1 fully saturated rings. The van der Waals surface area contributed by atoms with E-state index in [0.717, 1.165) is 31.3 Å². The van der Waals surface area contributed by atoms with E-state index in [1.807, 2.05) is 17.0 Å². The molecule has 106 valence electrons. The highest BCUT2D eigenvalue weighted by molar-refractivity contribution is 6.04. The first-order valence-corrected chi connectivity index (χ1v) is 7.39. The molecule has 0 saturated carbocycles. The Balaban J connectivity index is 1.60. The molecular weight excluding hydrogens is 266 g/mol. The minimum Gasteiger partial charge on any atom is -0.374 e. The molecule has 3 aliphatic rings. The van der Waals surface area contributed by atoms with Gasteiger partial charge in [0, 0.05) is 37.1 Å². The zero-order valence-corrected chi connectivity index (χ0v) is 11.5. The summed E-state index contributed by atoms with van der Waals surface area (Å²) in [6.45, 7) is 2.08. The van der Waals surface area contributed by atoms with Gasteiger partial charge in [0.15, 0.2) is 5.65 Å². The van der Waals surface area contributed by atoms with Crippen LogP contribution in [-0.4, -0.2) is 50.0 Å². The van der Waals surface area contributed by atoms with Gasteiger partial charge in [-0.1, -0.05) is 0 Å². The molecule has 2 aromatic heterocycles. The highest BCUT2D eigenvalue weighted by atomic mass is 16.2. The lowest BCUT2D eigenvalue weighted by Crippen LogP contribution is -2.46. The molecule has 6 nitrogen and oxygen atoms in total. The predicted octanol–water partition coefficient (Wildman–Crippen LogP) is 1.35. The normalized spacial score (nSPS) is 26.6. The van der Waals surface area contributed by atoms with Crippen molar-refractivity contribution in [2.45, 2.75) is 18.9 Å². The summed E-state index contributed by atoms with van der Waals surface area (Å²) in [4.78, 5) is 21.5. The number of carbonyl (C=O) groups excluding carboxylic acids is 1. The zero-order chi connectivity index (χ0) is 14.0. The van der Waals surface area contributed by atoms with Gasteiger partial charge < -0.3 is 9.80 Å². The average molecular weight is 281 g/mol. The van der Waals surface area contributed by atoms with Crippen molar-refractivity contribution in [1.29, 1.82) is 0 Å². The Hall–Kier alpha value is -2.37. The van der Waals surface area contributed by atoms with Crippen LogP contribution in [0.15, 0.2) is 30.2 Å². The number of aromatic amines is 1. The Morgan fingerprint density at radius 1 is 1.43 bits per heavy atom. The molecule has 0 unspecified atom stereocenters. The van der Waals surface area contributed by atoms with Crippen LogP contribution in [0.5, 0.6) is 0 Å². The number of amides is 1. The second kappa shape index (κ2) is 3.84. The van der Waals surface area contributed by atoms with Crippen molar-refractivity contribution in [2.24, 2.45) is 5.92 Å². The van der Waals surface area contributed by atoms with Crippen LogP contribution >= 0.6 is 0 Å². The standard InChI is InChI=1S/C15H15N5O/c21-15(13-11-2-1-4-16-14(11)18-17-13)20-10-6-9-3-5-19(7-10)8-12(9)20/h1-2,4,8-10H,3,5-7H2,(H,16,17,18)/t9-,10-/m1/s1. The molecule has 5 rings (SSSR count). The predicted molar refractivity (Wildman–Crippen MR) is 76.2 cm³/mol. The van der Waals surface area contributed by atoms with Crippen molar-refractivity contribution in [3.05, 3.63) is 35.9 Å². The number of fused-ring (bicyclic) bond motifs is 3. The molecule has 1 amide bonds. The Kier molecular flexibility index (Phi) is 2.07. The quantitative estimate of drug-likeness (QED) is 0.857. The van der Waals surface area contributed by atoms with Crippen LogP contribution in [0.25, 0.3) is 11.0 Å². The molecule has 1 N–H and O–H groups in total. The maximum absolute atomic E-state index is 13.0. The molecular formula is C15H15N5O. The first kappa shape index (κ1) is 11.3. The van der Waals surface area contributed by atoms with E-state index in [-0.39, 0.29) is 5.91 Å². The molecule has 21 heavy (non-hydrogen) atoms. The van der Waals surface area contributed by atoms with Crippen molar-refractivity contribution >= 4 is 16.9 Å². The maximum Gasteiger partial charge on any atom is 0.277 e. The van der Waals surface area contributed by atoms with Gasteiger partial charge in [0.05, 0.1) is 11.4 Å². The van der Waals surface area contributed by atoms with Gasteiger partial charge in [-0.2, -0.15) is 5.10 Å². The molecule has 0 radical (unpaired) electrons. The second-order valence-electron chi connectivity index (χ2n) is 6.07. The number of nitrogens with zero attached hydrogens (tertiary/aromatic N) is 4. The van der Waals surface area contributed by atoms with E-state index in [4.69, 9.17) is 0 Å². The van der Waals surface area contributed by atoms with E-state index >= 15 is 0 Å². The molecule has 6 heteroatoms. The number of H-pyrrole nitrogens is 1. The van der Waals surface area contributed by atoms with Crippen molar-refractivity contribution in [1.82, 2.24) is 25.0 Å². The molecule has 0 aromatic carbocycles. The van der Waals surface area contributed by atoms with Crippen LogP contribution in [0.4, 0.5) is 0 Å². The maximum atomic E-state index is 13.0. The fraction of sp³-hybridized carbons (Fsp3) is 0.400. The second-order valence-corrected chi connectivity index (χ2v) is 6.07. The summed E-state index contributed by atoms with van der Waals surface area (Å²) in [7, 11) is 0. The minimum absolute atomic E-state index is 0.0331. The lowest BCUT2D eigenvalue weighted by molar-refractivity contribution is 0.0716. The molecule has 0 aliphatic carbocycles. The third-order valence-electron chi connectivity index (χ3n) is 4.91. The number of carbonyl (C=O) groups is 1.